The highest BCUT2D eigenvalue weighted by Crippen LogP contribution is 2.24. The van der Waals surface area contributed by atoms with E-state index in [0.717, 1.165) is 33.6 Å². The van der Waals surface area contributed by atoms with Crippen molar-refractivity contribution >= 4 is 55.0 Å². The summed E-state index contributed by atoms with van der Waals surface area (Å²) in [6, 6.07) is 11.8. The van der Waals surface area contributed by atoms with Crippen LogP contribution in [0.25, 0.3) is 0 Å². The summed E-state index contributed by atoms with van der Waals surface area (Å²) in [6.45, 7) is 7.88. The minimum Gasteiger partial charge on any atom is -0.325 e. The van der Waals surface area contributed by atoms with Gasteiger partial charge >= 0.3 is 0 Å². The number of hydrogen-bond acceptors (Lipinski definition) is 2. The Morgan fingerprint density at radius 3 is 1.29 bits per heavy atom. The van der Waals surface area contributed by atoms with Crippen LogP contribution in [0.3, 0.4) is 0 Å². The van der Waals surface area contributed by atoms with Crippen LogP contribution in [0, 0.1) is 27.7 Å². The number of rotatable bonds is 7. The van der Waals surface area contributed by atoms with Crippen molar-refractivity contribution in [3.05, 3.63) is 58.7 Å². The first kappa shape index (κ1) is 22.6. The van der Waals surface area contributed by atoms with Crippen LogP contribution in [-0.4, -0.2) is 21.5 Å². The quantitative estimate of drug-likeness (QED) is 0.463. The number of amides is 2. The van der Waals surface area contributed by atoms with E-state index in [2.05, 4.69) is 42.5 Å². The molecular weight excluding hydrogens is 484 g/mol. The number of benzene rings is 2. The van der Waals surface area contributed by atoms with Crippen LogP contribution in [0.5, 0.6) is 0 Å². The summed E-state index contributed by atoms with van der Waals surface area (Å²) < 4.78 is 0. The number of para-hydroxylation sites is 2. The van der Waals surface area contributed by atoms with Gasteiger partial charge in [0.25, 0.3) is 0 Å². The highest BCUT2D eigenvalue weighted by Gasteiger charge is 2.22. The standard InChI is InChI=1S/C22H26Br2N2O2/c1-13-7-5-8-14(2)19(13)25-21(27)17(23)11-12-18(24)22(28)26-20-15(3)9-6-10-16(20)4/h5-10,17-18H,11-12H2,1-4H3,(H,25,27)(H,26,28). The maximum atomic E-state index is 12.5. The summed E-state index contributed by atoms with van der Waals surface area (Å²) in [7, 11) is 0. The van der Waals surface area contributed by atoms with Crippen LogP contribution in [0.1, 0.15) is 35.1 Å². The summed E-state index contributed by atoms with van der Waals surface area (Å²) in [4.78, 5) is 24.3. The zero-order valence-corrected chi connectivity index (χ0v) is 19.8. The summed E-state index contributed by atoms with van der Waals surface area (Å²) in [5.74, 6) is -0.209. The number of nitrogens with one attached hydrogen (secondary N) is 2. The Bertz CT molecular complexity index is 756. The summed E-state index contributed by atoms with van der Waals surface area (Å²) in [6.07, 6.45) is 1.07. The molecule has 0 radical (unpaired) electrons. The topological polar surface area (TPSA) is 58.2 Å². The molecule has 28 heavy (non-hydrogen) atoms. The van der Waals surface area contributed by atoms with Crippen LogP contribution < -0.4 is 10.6 Å². The van der Waals surface area contributed by atoms with Crippen molar-refractivity contribution in [1.82, 2.24) is 0 Å². The number of anilines is 2. The molecular formula is C22H26Br2N2O2. The normalized spacial score (nSPS) is 12.9. The fraction of sp³-hybridized carbons (Fsp3) is 0.364. The molecule has 0 aliphatic rings. The molecule has 2 aromatic rings. The summed E-state index contributed by atoms with van der Waals surface area (Å²) in [5.41, 5.74) is 5.80. The lowest BCUT2D eigenvalue weighted by Crippen LogP contribution is -2.28. The number of aryl methyl sites for hydroxylation is 4. The smallest absolute Gasteiger partial charge is 0.238 e. The molecule has 0 aliphatic heterocycles. The highest BCUT2D eigenvalue weighted by molar-refractivity contribution is 9.10. The number of halogens is 2. The van der Waals surface area contributed by atoms with Gasteiger partial charge in [0.2, 0.25) is 11.8 Å². The van der Waals surface area contributed by atoms with E-state index in [0.29, 0.717) is 12.8 Å². The first-order valence-electron chi connectivity index (χ1n) is 9.23. The first-order valence-corrected chi connectivity index (χ1v) is 11.1. The highest BCUT2D eigenvalue weighted by atomic mass is 79.9. The molecule has 0 spiro atoms. The van der Waals surface area contributed by atoms with Gasteiger partial charge < -0.3 is 10.6 Å². The van der Waals surface area contributed by atoms with Gasteiger partial charge in [-0.15, -0.1) is 0 Å². The molecule has 2 atom stereocenters. The Balaban J connectivity index is 1.90. The van der Waals surface area contributed by atoms with Gasteiger partial charge in [0.15, 0.2) is 0 Å². The number of carbonyl (C=O) groups excluding carboxylic acids is 2. The van der Waals surface area contributed by atoms with Gasteiger partial charge in [-0.25, -0.2) is 0 Å². The third-order valence-electron chi connectivity index (χ3n) is 4.70. The van der Waals surface area contributed by atoms with Crippen molar-refractivity contribution in [3.8, 4) is 0 Å². The fourth-order valence-electron chi connectivity index (χ4n) is 2.98. The molecule has 2 aromatic carbocycles. The molecule has 0 heterocycles. The van der Waals surface area contributed by atoms with E-state index in [1.807, 2.05) is 64.1 Å². The lowest BCUT2D eigenvalue weighted by Gasteiger charge is -2.17. The molecule has 2 amide bonds. The summed E-state index contributed by atoms with van der Waals surface area (Å²) >= 11 is 6.91. The van der Waals surface area contributed by atoms with Crippen LogP contribution >= 0.6 is 31.9 Å². The van der Waals surface area contributed by atoms with E-state index in [-0.39, 0.29) is 21.5 Å². The molecule has 0 bridgehead atoms. The number of carbonyl (C=O) groups is 2. The van der Waals surface area contributed by atoms with E-state index in [1.54, 1.807) is 0 Å². The van der Waals surface area contributed by atoms with Crippen molar-refractivity contribution < 1.29 is 9.59 Å². The van der Waals surface area contributed by atoms with Crippen LogP contribution in [0.4, 0.5) is 11.4 Å². The fourth-order valence-corrected chi connectivity index (χ4v) is 3.74. The first-order chi connectivity index (χ1) is 13.2. The predicted molar refractivity (Wildman–Crippen MR) is 124 cm³/mol. The largest absolute Gasteiger partial charge is 0.325 e. The molecule has 6 heteroatoms. The molecule has 0 aromatic heterocycles. The molecule has 0 aliphatic carbocycles. The van der Waals surface area contributed by atoms with E-state index < -0.39 is 0 Å². The van der Waals surface area contributed by atoms with Crippen LogP contribution in [0.2, 0.25) is 0 Å². The van der Waals surface area contributed by atoms with Gasteiger partial charge in [-0.3, -0.25) is 9.59 Å². The Labute approximate surface area is 183 Å². The van der Waals surface area contributed by atoms with E-state index in [9.17, 15) is 9.59 Å². The maximum absolute atomic E-state index is 12.5. The van der Waals surface area contributed by atoms with Gasteiger partial charge in [0, 0.05) is 11.4 Å². The molecule has 0 fully saturated rings. The van der Waals surface area contributed by atoms with Crippen molar-refractivity contribution in [1.29, 1.82) is 0 Å². The zero-order chi connectivity index (χ0) is 20.8. The van der Waals surface area contributed by atoms with Crippen molar-refractivity contribution in [2.75, 3.05) is 10.6 Å². The van der Waals surface area contributed by atoms with Gasteiger partial charge in [-0.05, 0) is 62.8 Å². The SMILES string of the molecule is Cc1cccc(C)c1NC(=O)C(Br)CCC(Br)C(=O)Nc1c(C)cccc1C. The van der Waals surface area contributed by atoms with Crippen molar-refractivity contribution in [2.24, 2.45) is 0 Å². The van der Waals surface area contributed by atoms with Crippen molar-refractivity contribution in [3.63, 3.8) is 0 Å². The van der Waals surface area contributed by atoms with Crippen LogP contribution in [0.15, 0.2) is 36.4 Å². The minimum atomic E-state index is -0.375. The second-order valence-corrected chi connectivity index (χ2v) is 9.24. The molecule has 4 nitrogen and oxygen atoms in total. The zero-order valence-electron chi connectivity index (χ0n) is 16.6. The molecule has 2 unspecified atom stereocenters. The second kappa shape index (κ2) is 10.2. The second-order valence-electron chi connectivity index (χ2n) is 7.02. The predicted octanol–water partition coefficient (Wildman–Crippen LogP) is 5.80. The average Bonchev–Trinajstić information content (AvgIpc) is 2.65. The number of hydrogen-bond donors (Lipinski definition) is 2. The van der Waals surface area contributed by atoms with Crippen LogP contribution in [-0.2, 0) is 9.59 Å². The van der Waals surface area contributed by atoms with Gasteiger partial charge in [-0.1, -0.05) is 68.3 Å². The Morgan fingerprint density at radius 1 is 0.714 bits per heavy atom. The molecule has 150 valence electrons. The van der Waals surface area contributed by atoms with Gasteiger partial charge in [0.05, 0.1) is 9.65 Å². The molecule has 2 rings (SSSR count). The summed E-state index contributed by atoms with van der Waals surface area (Å²) in [5, 5.41) is 5.97. The van der Waals surface area contributed by atoms with E-state index in [1.165, 1.54) is 0 Å². The van der Waals surface area contributed by atoms with E-state index >= 15 is 0 Å². The Hall–Kier alpha value is -1.66. The molecule has 0 saturated carbocycles. The van der Waals surface area contributed by atoms with Crippen molar-refractivity contribution in [2.45, 2.75) is 50.2 Å². The third-order valence-corrected chi connectivity index (χ3v) is 6.45. The maximum Gasteiger partial charge on any atom is 0.238 e. The average molecular weight is 510 g/mol. The Kier molecular flexibility index (Phi) is 8.25. The van der Waals surface area contributed by atoms with Gasteiger partial charge in [-0.2, -0.15) is 0 Å². The number of alkyl halides is 2. The Morgan fingerprint density at radius 2 is 1.00 bits per heavy atom. The lowest BCUT2D eigenvalue weighted by molar-refractivity contribution is -0.117. The molecule has 2 N–H and O–H groups in total. The van der Waals surface area contributed by atoms with E-state index in [4.69, 9.17) is 0 Å². The lowest BCUT2D eigenvalue weighted by atomic mass is 10.1. The minimum absolute atomic E-state index is 0.104. The van der Waals surface area contributed by atoms with Gasteiger partial charge in [0.1, 0.15) is 0 Å². The monoisotopic (exact) mass is 508 g/mol. The third kappa shape index (κ3) is 5.92. The molecule has 0 saturated heterocycles.